The number of benzene rings is 3. The Bertz CT molecular complexity index is 1150. The van der Waals surface area contributed by atoms with Crippen molar-refractivity contribution in [2.75, 3.05) is 6.61 Å². The summed E-state index contributed by atoms with van der Waals surface area (Å²) in [6.45, 7) is 4.75. The van der Waals surface area contributed by atoms with Crippen LogP contribution in [0.5, 0.6) is 5.75 Å². The van der Waals surface area contributed by atoms with Crippen LogP contribution in [-0.2, 0) is 11.3 Å². The fourth-order valence-electron chi connectivity index (χ4n) is 5.05. The van der Waals surface area contributed by atoms with Crippen molar-refractivity contribution in [3.8, 4) is 16.9 Å². The predicted octanol–water partition coefficient (Wildman–Crippen LogP) is 9.28. The molecular weight excluding hydrogens is 473 g/mol. The van der Waals surface area contributed by atoms with E-state index in [0.29, 0.717) is 17.9 Å². The topological polar surface area (TPSA) is 18.5 Å². The molecule has 1 aliphatic rings. The van der Waals surface area contributed by atoms with Crippen LogP contribution in [0.2, 0.25) is 0 Å². The normalized spacial score (nSPS) is 17.6. The van der Waals surface area contributed by atoms with Gasteiger partial charge in [0.25, 0.3) is 0 Å². The van der Waals surface area contributed by atoms with Crippen molar-refractivity contribution in [3.05, 3.63) is 88.7 Å². The fraction of sp³-hybridized carbons (Fsp3) is 0.438. The van der Waals surface area contributed by atoms with E-state index in [2.05, 4.69) is 6.92 Å². The van der Waals surface area contributed by atoms with E-state index in [9.17, 15) is 13.2 Å². The highest BCUT2D eigenvalue weighted by Gasteiger charge is 2.25. The minimum absolute atomic E-state index is 0.0188. The van der Waals surface area contributed by atoms with Crippen LogP contribution < -0.4 is 4.74 Å². The first-order chi connectivity index (χ1) is 18.0. The Morgan fingerprint density at radius 1 is 0.811 bits per heavy atom. The Hall–Kier alpha value is -2.79. The molecule has 0 amide bonds. The van der Waals surface area contributed by atoms with Crippen LogP contribution >= 0.6 is 0 Å². The Morgan fingerprint density at radius 3 is 2.27 bits per heavy atom. The van der Waals surface area contributed by atoms with Gasteiger partial charge < -0.3 is 9.47 Å². The molecule has 0 radical (unpaired) electrons. The lowest BCUT2D eigenvalue weighted by atomic mass is 9.82. The summed E-state index contributed by atoms with van der Waals surface area (Å²) >= 11 is 0. The van der Waals surface area contributed by atoms with E-state index in [-0.39, 0.29) is 35.6 Å². The third-order valence-corrected chi connectivity index (χ3v) is 7.35. The highest BCUT2D eigenvalue weighted by Crippen LogP contribution is 2.37. The standard InChI is InChI=1S/C32H37F3O2/c1-3-4-5-6-19-36-27-16-18-28(30(33)20-27)23-11-14-26(15-12-23)37-21-25-13-17-29(32(35)31(25)34)24-9-7-22(2)8-10-24/h7-10,13,16-18,20,23,26H,3-6,11-12,14-15,19,21H2,1-2H3. The molecule has 198 valence electrons. The number of aryl methyl sites for hydroxylation is 1. The molecule has 3 aromatic rings. The smallest absolute Gasteiger partial charge is 0.167 e. The predicted molar refractivity (Wildman–Crippen MR) is 142 cm³/mol. The van der Waals surface area contributed by atoms with Crippen molar-refractivity contribution in [2.45, 2.75) is 83.8 Å². The van der Waals surface area contributed by atoms with Gasteiger partial charge in [0.1, 0.15) is 11.6 Å². The lowest BCUT2D eigenvalue weighted by molar-refractivity contribution is 0.0117. The van der Waals surface area contributed by atoms with E-state index in [1.807, 2.05) is 31.2 Å². The zero-order chi connectivity index (χ0) is 26.2. The van der Waals surface area contributed by atoms with Crippen LogP contribution in [0.1, 0.15) is 80.9 Å². The molecule has 5 heteroatoms. The molecule has 4 rings (SSSR count). The van der Waals surface area contributed by atoms with Crippen LogP contribution in [0, 0.1) is 24.4 Å². The van der Waals surface area contributed by atoms with Crippen molar-refractivity contribution >= 4 is 0 Å². The summed E-state index contributed by atoms with van der Waals surface area (Å²) in [6.07, 6.45) is 7.52. The van der Waals surface area contributed by atoms with E-state index in [1.54, 1.807) is 24.3 Å². The van der Waals surface area contributed by atoms with E-state index in [4.69, 9.17) is 9.47 Å². The molecule has 0 bridgehead atoms. The zero-order valence-corrected chi connectivity index (χ0v) is 21.9. The maximum absolute atomic E-state index is 14.8. The minimum Gasteiger partial charge on any atom is -0.493 e. The Labute approximate surface area is 218 Å². The highest BCUT2D eigenvalue weighted by molar-refractivity contribution is 5.65. The first kappa shape index (κ1) is 27.3. The van der Waals surface area contributed by atoms with Gasteiger partial charge in [-0.15, -0.1) is 0 Å². The third kappa shape index (κ3) is 7.16. The van der Waals surface area contributed by atoms with Crippen LogP contribution in [0.25, 0.3) is 11.1 Å². The number of ether oxygens (including phenoxy) is 2. The van der Waals surface area contributed by atoms with Crippen LogP contribution in [0.3, 0.4) is 0 Å². The number of hydrogen-bond acceptors (Lipinski definition) is 2. The van der Waals surface area contributed by atoms with Crippen molar-refractivity contribution < 1.29 is 22.6 Å². The second kappa shape index (κ2) is 13.1. The summed E-state index contributed by atoms with van der Waals surface area (Å²) in [5.41, 5.74) is 2.89. The molecule has 0 unspecified atom stereocenters. The zero-order valence-electron chi connectivity index (χ0n) is 21.9. The van der Waals surface area contributed by atoms with E-state index < -0.39 is 11.6 Å². The summed E-state index contributed by atoms with van der Waals surface area (Å²) in [5.74, 6) is -1.22. The number of unbranched alkanes of at least 4 members (excludes halogenated alkanes) is 3. The van der Waals surface area contributed by atoms with Crippen LogP contribution in [-0.4, -0.2) is 12.7 Å². The minimum atomic E-state index is -0.860. The van der Waals surface area contributed by atoms with E-state index in [1.165, 1.54) is 18.9 Å². The molecule has 0 aromatic heterocycles. The quantitative estimate of drug-likeness (QED) is 0.239. The molecule has 1 fully saturated rings. The lowest BCUT2D eigenvalue weighted by Gasteiger charge is -2.29. The van der Waals surface area contributed by atoms with Gasteiger partial charge in [0.05, 0.1) is 19.3 Å². The molecular formula is C32H37F3O2. The van der Waals surface area contributed by atoms with Crippen LogP contribution in [0.15, 0.2) is 54.6 Å². The van der Waals surface area contributed by atoms with Crippen LogP contribution in [0.4, 0.5) is 13.2 Å². The second-order valence-electron chi connectivity index (χ2n) is 10.1. The molecule has 0 heterocycles. The van der Waals surface area contributed by atoms with Gasteiger partial charge in [0, 0.05) is 17.2 Å². The summed E-state index contributed by atoms with van der Waals surface area (Å²) in [6, 6.07) is 15.7. The van der Waals surface area contributed by atoms with Gasteiger partial charge in [0.2, 0.25) is 0 Å². The molecule has 37 heavy (non-hydrogen) atoms. The van der Waals surface area contributed by atoms with E-state index in [0.717, 1.165) is 49.7 Å². The van der Waals surface area contributed by atoms with Gasteiger partial charge >= 0.3 is 0 Å². The summed E-state index contributed by atoms with van der Waals surface area (Å²) in [4.78, 5) is 0. The van der Waals surface area contributed by atoms with Gasteiger partial charge in [0.15, 0.2) is 11.6 Å². The van der Waals surface area contributed by atoms with Crippen molar-refractivity contribution in [1.82, 2.24) is 0 Å². The number of halogens is 3. The lowest BCUT2D eigenvalue weighted by Crippen LogP contribution is -2.21. The number of rotatable bonds is 11. The Kier molecular flexibility index (Phi) is 9.68. The van der Waals surface area contributed by atoms with Gasteiger partial charge in [-0.1, -0.05) is 74.2 Å². The highest BCUT2D eigenvalue weighted by atomic mass is 19.2. The molecule has 3 aromatic carbocycles. The number of hydrogen-bond donors (Lipinski definition) is 0. The van der Waals surface area contributed by atoms with Crippen molar-refractivity contribution in [2.24, 2.45) is 0 Å². The van der Waals surface area contributed by atoms with Crippen molar-refractivity contribution in [3.63, 3.8) is 0 Å². The van der Waals surface area contributed by atoms with E-state index >= 15 is 0 Å². The summed E-state index contributed by atoms with van der Waals surface area (Å²) in [7, 11) is 0. The third-order valence-electron chi connectivity index (χ3n) is 7.35. The van der Waals surface area contributed by atoms with Gasteiger partial charge in [-0.2, -0.15) is 0 Å². The SMILES string of the molecule is CCCCCCOc1ccc(C2CCC(OCc3ccc(-c4ccc(C)cc4)c(F)c3F)CC2)c(F)c1. The second-order valence-corrected chi connectivity index (χ2v) is 10.1. The summed E-state index contributed by atoms with van der Waals surface area (Å²) < 4.78 is 56.0. The molecule has 1 saturated carbocycles. The van der Waals surface area contributed by atoms with Crippen molar-refractivity contribution in [1.29, 1.82) is 0 Å². The largest absolute Gasteiger partial charge is 0.493 e. The van der Waals surface area contributed by atoms with Gasteiger partial charge in [-0.25, -0.2) is 13.2 Å². The van der Waals surface area contributed by atoms with Gasteiger partial charge in [-0.3, -0.25) is 0 Å². The van der Waals surface area contributed by atoms with Gasteiger partial charge in [-0.05, 0) is 62.1 Å². The first-order valence-corrected chi connectivity index (χ1v) is 13.5. The molecule has 2 nitrogen and oxygen atoms in total. The molecule has 0 atom stereocenters. The average Bonchev–Trinajstić information content (AvgIpc) is 2.91. The molecule has 0 spiro atoms. The summed E-state index contributed by atoms with van der Waals surface area (Å²) in [5, 5.41) is 0. The first-order valence-electron chi connectivity index (χ1n) is 13.5. The average molecular weight is 511 g/mol. The maximum Gasteiger partial charge on any atom is 0.167 e. The monoisotopic (exact) mass is 510 g/mol. The molecule has 1 aliphatic carbocycles. The Balaban J connectivity index is 1.27. The maximum atomic E-state index is 14.8. The fourth-order valence-corrected chi connectivity index (χ4v) is 5.05. The molecule has 0 N–H and O–H groups in total. The molecule has 0 saturated heterocycles. The molecule has 0 aliphatic heterocycles. The Morgan fingerprint density at radius 2 is 1.57 bits per heavy atom.